The molecular weight excluding hydrogens is 246 g/mol. The van der Waals surface area contributed by atoms with Crippen molar-refractivity contribution >= 4 is 0 Å². The van der Waals surface area contributed by atoms with Gasteiger partial charge in [0.2, 0.25) is 0 Å². The van der Waals surface area contributed by atoms with Crippen LogP contribution in [0.25, 0.3) is 0 Å². The van der Waals surface area contributed by atoms with Gasteiger partial charge in [-0.1, -0.05) is 49.6 Å². The third-order valence-electron chi connectivity index (χ3n) is 5.49. The fourth-order valence-corrected chi connectivity index (χ4v) is 4.29. The number of hydrogen-bond acceptors (Lipinski definition) is 2. The average Bonchev–Trinajstić information content (AvgIpc) is 2.49. The summed E-state index contributed by atoms with van der Waals surface area (Å²) in [6.07, 6.45) is 8.27. The fraction of sp³-hybridized carbons (Fsp3) is 0.667. The van der Waals surface area contributed by atoms with Gasteiger partial charge >= 0.3 is 0 Å². The molecule has 2 saturated carbocycles. The predicted molar refractivity (Wildman–Crippen MR) is 82.5 cm³/mol. The SMILES string of the molecule is CC(NC1CCC[C@@H]2CCCCC12O)c1ccccc1. The molecule has 0 spiro atoms. The van der Waals surface area contributed by atoms with Crippen molar-refractivity contribution in [1.82, 2.24) is 5.32 Å². The highest BCUT2D eigenvalue weighted by Crippen LogP contribution is 2.44. The van der Waals surface area contributed by atoms with E-state index in [0.717, 1.165) is 12.8 Å². The van der Waals surface area contributed by atoms with E-state index in [2.05, 4.69) is 42.6 Å². The van der Waals surface area contributed by atoms with E-state index < -0.39 is 5.60 Å². The van der Waals surface area contributed by atoms with Crippen LogP contribution in [0.5, 0.6) is 0 Å². The molecule has 0 amide bonds. The van der Waals surface area contributed by atoms with Gasteiger partial charge in [-0.3, -0.25) is 0 Å². The van der Waals surface area contributed by atoms with Crippen molar-refractivity contribution in [3.8, 4) is 0 Å². The van der Waals surface area contributed by atoms with Crippen LogP contribution >= 0.6 is 0 Å². The van der Waals surface area contributed by atoms with Gasteiger partial charge in [0, 0.05) is 12.1 Å². The van der Waals surface area contributed by atoms with Crippen molar-refractivity contribution in [2.24, 2.45) is 5.92 Å². The van der Waals surface area contributed by atoms with E-state index in [1.54, 1.807) is 0 Å². The second kappa shape index (κ2) is 5.87. The Bertz CT molecular complexity index is 430. The van der Waals surface area contributed by atoms with Gasteiger partial charge < -0.3 is 10.4 Å². The number of benzene rings is 1. The van der Waals surface area contributed by atoms with Gasteiger partial charge in [0.25, 0.3) is 0 Å². The fourth-order valence-electron chi connectivity index (χ4n) is 4.29. The molecule has 0 radical (unpaired) electrons. The summed E-state index contributed by atoms with van der Waals surface area (Å²) in [6, 6.07) is 11.1. The molecule has 2 N–H and O–H groups in total. The molecule has 20 heavy (non-hydrogen) atoms. The van der Waals surface area contributed by atoms with Gasteiger partial charge in [-0.05, 0) is 44.1 Å². The van der Waals surface area contributed by atoms with Crippen molar-refractivity contribution < 1.29 is 5.11 Å². The van der Waals surface area contributed by atoms with Gasteiger partial charge in [-0.2, -0.15) is 0 Å². The molecule has 0 aliphatic heterocycles. The van der Waals surface area contributed by atoms with Gasteiger partial charge in [0.15, 0.2) is 0 Å². The molecular formula is C18H27NO. The van der Waals surface area contributed by atoms with Crippen molar-refractivity contribution in [3.05, 3.63) is 35.9 Å². The smallest absolute Gasteiger partial charge is 0.0828 e. The largest absolute Gasteiger partial charge is 0.388 e. The van der Waals surface area contributed by atoms with Gasteiger partial charge in [0.1, 0.15) is 0 Å². The lowest BCUT2D eigenvalue weighted by atomic mass is 9.64. The maximum atomic E-state index is 11.2. The zero-order valence-electron chi connectivity index (χ0n) is 12.5. The molecule has 2 aliphatic rings. The molecule has 0 aromatic heterocycles. The van der Waals surface area contributed by atoms with Crippen molar-refractivity contribution in [2.75, 3.05) is 0 Å². The maximum Gasteiger partial charge on any atom is 0.0828 e. The highest BCUT2D eigenvalue weighted by Gasteiger charge is 2.47. The number of fused-ring (bicyclic) bond motifs is 1. The van der Waals surface area contributed by atoms with Crippen LogP contribution in [0.1, 0.15) is 63.5 Å². The predicted octanol–water partition coefficient (Wildman–Crippen LogP) is 3.81. The van der Waals surface area contributed by atoms with Crippen LogP contribution in [0.2, 0.25) is 0 Å². The second-order valence-electron chi connectivity index (χ2n) is 6.72. The highest BCUT2D eigenvalue weighted by molar-refractivity contribution is 5.19. The molecule has 110 valence electrons. The van der Waals surface area contributed by atoms with Crippen LogP contribution in [-0.2, 0) is 0 Å². The minimum atomic E-state index is -0.459. The number of rotatable bonds is 3. The molecule has 2 aliphatic carbocycles. The maximum absolute atomic E-state index is 11.2. The molecule has 2 fully saturated rings. The van der Waals surface area contributed by atoms with Gasteiger partial charge in [-0.15, -0.1) is 0 Å². The van der Waals surface area contributed by atoms with E-state index in [1.165, 1.54) is 37.7 Å². The van der Waals surface area contributed by atoms with Crippen molar-refractivity contribution in [1.29, 1.82) is 0 Å². The quantitative estimate of drug-likeness (QED) is 0.877. The van der Waals surface area contributed by atoms with Crippen LogP contribution in [0, 0.1) is 5.92 Å². The number of aliphatic hydroxyl groups is 1. The lowest BCUT2D eigenvalue weighted by Crippen LogP contribution is -2.59. The molecule has 1 aromatic rings. The summed E-state index contributed by atoms with van der Waals surface area (Å²) in [4.78, 5) is 0. The monoisotopic (exact) mass is 273 g/mol. The minimum absolute atomic E-state index is 0.261. The van der Waals surface area contributed by atoms with Gasteiger partial charge in [0.05, 0.1) is 5.60 Å². The van der Waals surface area contributed by atoms with E-state index in [4.69, 9.17) is 0 Å². The Balaban J connectivity index is 1.72. The molecule has 2 nitrogen and oxygen atoms in total. The molecule has 1 aromatic carbocycles. The summed E-state index contributed by atoms with van der Waals surface area (Å²) in [6.45, 7) is 2.21. The third kappa shape index (κ3) is 2.64. The molecule has 3 rings (SSSR count). The number of hydrogen-bond donors (Lipinski definition) is 2. The summed E-state index contributed by atoms with van der Waals surface area (Å²) < 4.78 is 0. The first kappa shape index (κ1) is 14.1. The van der Waals surface area contributed by atoms with Crippen LogP contribution in [0.4, 0.5) is 0 Å². The highest BCUT2D eigenvalue weighted by atomic mass is 16.3. The van der Waals surface area contributed by atoms with E-state index in [1.807, 2.05) is 0 Å². The summed E-state index contributed by atoms with van der Waals surface area (Å²) in [5.74, 6) is 0.519. The molecule has 0 heterocycles. The van der Waals surface area contributed by atoms with Crippen LogP contribution < -0.4 is 5.32 Å². The Morgan fingerprint density at radius 2 is 1.85 bits per heavy atom. The van der Waals surface area contributed by atoms with E-state index >= 15 is 0 Å². The summed E-state index contributed by atoms with van der Waals surface area (Å²) in [7, 11) is 0. The van der Waals surface area contributed by atoms with Gasteiger partial charge in [-0.25, -0.2) is 0 Å². The van der Waals surface area contributed by atoms with Crippen LogP contribution in [0.3, 0.4) is 0 Å². The topological polar surface area (TPSA) is 32.3 Å². The van der Waals surface area contributed by atoms with E-state index in [0.29, 0.717) is 12.0 Å². The Morgan fingerprint density at radius 3 is 2.65 bits per heavy atom. The Labute approximate surface area is 122 Å². The summed E-state index contributed by atoms with van der Waals surface area (Å²) in [5, 5.41) is 14.9. The first-order chi connectivity index (χ1) is 9.70. The Morgan fingerprint density at radius 1 is 1.10 bits per heavy atom. The van der Waals surface area contributed by atoms with E-state index in [9.17, 15) is 5.11 Å². The second-order valence-corrected chi connectivity index (χ2v) is 6.72. The molecule has 2 heteroatoms. The van der Waals surface area contributed by atoms with Crippen molar-refractivity contribution in [3.63, 3.8) is 0 Å². The molecule has 3 unspecified atom stereocenters. The third-order valence-corrected chi connectivity index (χ3v) is 5.49. The lowest BCUT2D eigenvalue weighted by molar-refractivity contribution is -0.101. The molecule has 0 saturated heterocycles. The average molecular weight is 273 g/mol. The number of nitrogens with one attached hydrogen (secondary N) is 1. The normalized spacial score (nSPS) is 35.3. The van der Waals surface area contributed by atoms with Crippen LogP contribution in [0.15, 0.2) is 30.3 Å². The summed E-state index contributed by atoms with van der Waals surface area (Å²) in [5.41, 5.74) is 0.855. The van der Waals surface area contributed by atoms with Crippen LogP contribution in [-0.4, -0.2) is 16.7 Å². The zero-order valence-corrected chi connectivity index (χ0v) is 12.5. The first-order valence-corrected chi connectivity index (χ1v) is 8.23. The molecule has 0 bridgehead atoms. The standard InChI is InChI=1S/C18H27NO/c1-14(15-8-3-2-4-9-15)19-17-12-7-11-16-10-5-6-13-18(16,17)20/h2-4,8-9,14,16-17,19-20H,5-7,10-13H2,1H3/t14?,16-,17?,18?/m0/s1. The first-order valence-electron chi connectivity index (χ1n) is 8.23. The molecule has 4 atom stereocenters. The lowest BCUT2D eigenvalue weighted by Gasteiger charge is -2.50. The minimum Gasteiger partial charge on any atom is -0.388 e. The Kier molecular flexibility index (Phi) is 4.13. The Hall–Kier alpha value is -0.860. The summed E-state index contributed by atoms with van der Waals surface area (Å²) >= 11 is 0. The van der Waals surface area contributed by atoms with Crippen molar-refractivity contribution in [2.45, 2.75) is 69.6 Å². The van der Waals surface area contributed by atoms with E-state index in [-0.39, 0.29) is 6.04 Å². The zero-order chi connectivity index (χ0) is 14.0.